The number of carbonyl (C=O) groups excluding carboxylic acids is 1. The Labute approximate surface area is 123 Å². The van der Waals surface area contributed by atoms with Gasteiger partial charge in [-0.3, -0.25) is 9.78 Å². The van der Waals surface area contributed by atoms with Gasteiger partial charge < -0.3 is 5.32 Å². The summed E-state index contributed by atoms with van der Waals surface area (Å²) in [7, 11) is 0. The van der Waals surface area contributed by atoms with Crippen molar-refractivity contribution in [1.82, 2.24) is 4.98 Å². The first kappa shape index (κ1) is 13.1. The minimum absolute atomic E-state index is 0.101. The van der Waals surface area contributed by atoms with Crippen LogP contribution < -0.4 is 5.32 Å². The first-order valence-electron chi connectivity index (χ1n) is 6.65. The molecule has 1 aliphatic rings. The molecule has 0 atom stereocenters. The van der Waals surface area contributed by atoms with Gasteiger partial charge in [-0.15, -0.1) is 11.6 Å². The van der Waals surface area contributed by atoms with Gasteiger partial charge in [-0.25, -0.2) is 0 Å². The van der Waals surface area contributed by atoms with Crippen LogP contribution >= 0.6 is 11.6 Å². The zero-order valence-corrected chi connectivity index (χ0v) is 11.8. The fraction of sp³-hybridized carbons (Fsp3) is 0.250. The summed E-state index contributed by atoms with van der Waals surface area (Å²) in [4.78, 5) is 15.5. The average molecular weight is 287 g/mol. The molecular weight excluding hydrogens is 272 g/mol. The van der Waals surface area contributed by atoms with Crippen molar-refractivity contribution in [3.05, 3.63) is 58.9 Å². The van der Waals surface area contributed by atoms with E-state index < -0.39 is 0 Å². The van der Waals surface area contributed by atoms with Crippen molar-refractivity contribution in [3.8, 4) is 0 Å². The predicted octanol–water partition coefficient (Wildman–Crippen LogP) is 3.30. The Kier molecular flexibility index (Phi) is 3.70. The number of rotatable bonds is 3. The number of amides is 1. The average Bonchev–Trinajstić information content (AvgIpc) is 2.47. The fourth-order valence-corrected chi connectivity index (χ4v) is 2.64. The third-order valence-corrected chi connectivity index (χ3v) is 3.79. The quantitative estimate of drug-likeness (QED) is 0.880. The molecular formula is C16H15ClN2O. The molecule has 0 bridgehead atoms. The molecule has 2 heterocycles. The minimum atomic E-state index is 0.101. The second-order valence-corrected chi connectivity index (χ2v) is 5.32. The van der Waals surface area contributed by atoms with E-state index in [0.717, 1.165) is 29.7 Å². The largest absolute Gasteiger partial charge is 0.326 e. The number of aromatic nitrogens is 1. The predicted molar refractivity (Wildman–Crippen MR) is 80.0 cm³/mol. The number of benzene rings is 1. The van der Waals surface area contributed by atoms with Crippen molar-refractivity contribution in [3.63, 3.8) is 0 Å². The van der Waals surface area contributed by atoms with Crippen LogP contribution in [0.5, 0.6) is 0 Å². The highest BCUT2D eigenvalue weighted by Crippen LogP contribution is 2.24. The van der Waals surface area contributed by atoms with Crippen LogP contribution in [0, 0.1) is 0 Å². The normalized spacial score (nSPS) is 13.8. The van der Waals surface area contributed by atoms with Gasteiger partial charge in [-0.2, -0.15) is 0 Å². The molecule has 0 saturated carbocycles. The smallest absolute Gasteiger partial charge is 0.224 e. The van der Waals surface area contributed by atoms with Crippen LogP contribution in [0.25, 0.3) is 0 Å². The molecule has 0 radical (unpaired) electrons. The summed E-state index contributed by atoms with van der Waals surface area (Å²) in [6, 6.07) is 8.29. The number of carbonyl (C=O) groups is 1. The lowest BCUT2D eigenvalue weighted by Gasteiger charge is -2.17. The SMILES string of the molecule is O=C1CCc2cc(Cc3cncc(CCl)c3)ccc2N1. The van der Waals surface area contributed by atoms with E-state index in [2.05, 4.69) is 28.5 Å². The molecule has 1 aromatic carbocycles. The maximum atomic E-state index is 11.3. The number of nitrogens with one attached hydrogen (secondary N) is 1. The molecule has 0 unspecified atom stereocenters. The molecule has 4 heteroatoms. The molecule has 1 aliphatic heterocycles. The van der Waals surface area contributed by atoms with E-state index in [9.17, 15) is 4.79 Å². The number of fused-ring (bicyclic) bond motifs is 1. The Hall–Kier alpha value is -1.87. The van der Waals surface area contributed by atoms with E-state index in [1.165, 1.54) is 11.1 Å². The number of pyridine rings is 1. The number of hydrogen-bond donors (Lipinski definition) is 1. The van der Waals surface area contributed by atoms with E-state index in [4.69, 9.17) is 11.6 Å². The summed E-state index contributed by atoms with van der Waals surface area (Å²) in [6.07, 6.45) is 5.88. The van der Waals surface area contributed by atoms with Crippen LogP contribution in [-0.2, 0) is 23.5 Å². The number of anilines is 1. The van der Waals surface area contributed by atoms with Crippen LogP contribution in [0.1, 0.15) is 28.7 Å². The van der Waals surface area contributed by atoms with E-state index in [1.807, 2.05) is 12.3 Å². The lowest BCUT2D eigenvalue weighted by molar-refractivity contribution is -0.116. The number of hydrogen-bond acceptors (Lipinski definition) is 2. The second kappa shape index (κ2) is 5.63. The van der Waals surface area contributed by atoms with Gasteiger partial charge in [0, 0.05) is 30.4 Å². The monoisotopic (exact) mass is 286 g/mol. The number of halogens is 1. The number of nitrogens with zero attached hydrogens (tertiary/aromatic N) is 1. The third-order valence-electron chi connectivity index (χ3n) is 3.48. The third kappa shape index (κ3) is 2.83. The van der Waals surface area contributed by atoms with E-state index >= 15 is 0 Å². The summed E-state index contributed by atoms with van der Waals surface area (Å²) in [6.45, 7) is 0. The number of aryl methyl sites for hydroxylation is 1. The Morgan fingerprint density at radius 1 is 1.10 bits per heavy atom. The molecule has 3 nitrogen and oxygen atoms in total. The summed E-state index contributed by atoms with van der Waals surface area (Å²) in [5.41, 5.74) is 5.58. The van der Waals surface area contributed by atoms with Crippen molar-refractivity contribution >= 4 is 23.2 Å². The second-order valence-electron chi connectivity index (χ2n) is 5.05. The van der Waals surface area contributed by atoms with E-state index in [1.54, 1.807) is 6.20 Å². The molecule has 0 aliphatic carbocycles. The Bertz CT molecular complexity index is 655. The topological polar surface area (TPSA) is 42.0 Å². The molecule has 1 aromatic heterocycles. The highest BCUT2D eigenvalue weighted by atomic mass is 35.5. The van der Waals surface area contributed by atoms with Crippen molar-refractivity contribution < 1.29 is 4.79 Å². The Morgan fingerprint density at radius 2 is 1.95 bits per heavy atom. The summed E-state index contributed by atoms with van der Waals surface area (Å²) >= 11 is 5.83. The van der Waals surface area contributed by atoms with Gasteiger partial charge in [0.25, 0.3) is 0 Å². The van der Waals surface area contributed by atoms with Crippen LogP contribution in [0.2, 0.25) is 0 Å². The molecule has 0 spiro atoms. The van der Waals surface area contributed by atoms with Gasteiger partial charge in [0.15, 0.2) is 0 Å². The van der Waals surface area contributed by atoms with Crippen LogP contribution in [0.15, 0.2) is 36.7 Å². The molecule has 20 heavy (non-hydrogen) atoms. The summed E-state index contributed by atoms with van der Waals surface area (Å²) in [5.74, 6) is 0.584. The van der Waals surface area contributed by atoms with Gasteiger partial charge in [0.1, 0.15) is 0 Å². The van der Waals surface area contributed by atoms with Gasteiger partial charge in [0.2, 0.25) is 5.91 Å². The van der Waals surface area contributed by atoms with Gasteiger partial charge in [0.05, 0.1) is 0 Å². The zero-order chi connectivity index (χ0) is 13.9. The maximum absolute atomic E-state index is 11.3. The van der Waals surface area contributed by atoms with Crippen molar-refractivity contribution in [2.45, 2.75) is 25.1 Å². The maximum Gasteiger partial charge on any atom is 0.224 e. The molecule has 1 amide bonds. The summed E-state index contributed by atoms with van der Waals surface area (Å²) < 4.78 is 0. The highest BCUT2D eigenvalue weighted by molar-refractivity contribution is 6.17. The molecule has 0 fully saturated rings. The molecule has 2 aromatic rings. The molecule has 3 rings (SSSR count). The Morgan fingerprint density at radius 3 is 2.80 bits per heavy atom. The molecule has 102 valence electrons. The standard InChI is InChI=1S/C16H15ClN2O/c17-8-13-6-12(9-18-10-13)5-11-1-3-15-14(7-11)2-4-16(20)19-15/h1,3,6-7,9-10H,2,4-5,8H2,(H,19,20). The lowest BCUT2D eigenvalue weighted by atomic mass is 9.97. The molecule has 0 saturated heterocycles. The van der Waals surface area contributed by atoms with Gasteiger partial charge in [-0.1, -0.05) is 18.2 Å². The van der Waals surface area contributed by atoms with Crippen LogP contribution in [-0.4, -0.2) is 10.9 Å². The van der Waals surface area contributed by atoms with Crippen LogP contribution in [0.4, 0.5) is 5.69 Å². The minimum Gasteiger partial charge on any atom is -0.326 e. The highest BCUT2D eigenvalue weighted by Gasteiger charge is 2.14. The van der Waals surface area contributed by atoms with Crippen molar-refractivity contribution in [2.24, 2.45) is 0 Å². The fourth-order valence-electron chi connectivity index (χ4n) is 2.49. The number of alkyl halides is 1. The van der Waals surface area contributed by atoms with Crippen molar-refractivity contribution in [1.29, 1.82) is 0 Å². The lowest BCUT2D eigenvalue weighted by Crippen LogP contribution is -2.18. The Balaban J connectivity index is 1.82. The van der Waals surface area contributed by atoms with E-state index in [-0.39, 0.29) is 5.91 Å². The first-order chi connectivity index (χ1) is 9.74. The van der Waals surface area contributed by atoms with Crippen molar-refractivity contribution in [2.75, 3.05) is 5.32 Å². The van der Waals surface area contributed by atoms with Gasteiger partial charge in [-0.05, 0) is 41.2 Å². The summed E-state index contributed by atoms with van der Waals surface area (Å²) in [5, 5.41) is 2.90. The molecule has 1 N–H and O–H groups in total. The van der Waals surface area contributed by atoms with E-state index in [0.29, 0.717) is 12.3 Å². The first-order valence-corrected chi connectivity index (χ1v) is 7.18. The zero-order valence-electron chi connectivity index (χ0n) is 11.0. The van der Waals surface area contributed by atoms with Gasteiger partial charge >= 0.3 is 0 Å². The van der Waals surface area contributed by atoms with Crippen LogP contribution in [0.3, 0.4) is 0 Å².